The number of carbonyl (C=O) groups is 1. The molecule has 1 aromatic heterocycles. The molecule has 0 spiro atoms. The molecule has 0 unspecified atom stereocenters. The Labute approximate surface area is 151 Å². The molecule has 0 aliphatic rings. The molecule has 0 bridgehead atoms. The van der Waals surface area contributed by atoms with Crippen LogP contribution in [0.15, 0.2) is 84.9 Å². The molecule has 0 amide bonds. The molecule has 5 rings (SSSR count). The summed E-state index contributed by atoms with van der Waals surface area (Å²) in [6, 6.07) is 29.2. The molecule has 0 aliphatic heterocycles. The monoisotopic (exact) mass is 335 g/mol. The standard InChI is InChI=1S/C24H17NO/c1-16(26)18-13-14-24-21(15-18)20-10-4-5-11-23(20)25(24)22-12-6-8-17-7-2-3-9-19(17)22/h2-15H,1H3. The van der Waals surface area contributed by atoms with Crippen LogP contribution in [0.4, 0.5) is 0 Å². The summed E-state index contributed by atoms with van der Waals surface area (Å²) in [6.07, 6.45) is 0. The third-order valence-corrected chi connectivity index (χ3v) is 5.09. The lowest BCUT2D eigenvalue weighted by Crippen LogP contribution is -1.96. The van der Waals surface area contributed by atoms with Gasteiger partial charge in [0.2, 0.25) is 0 Å². The molecule has 2 nitrogen and oxygen atoms in total. The first kappa shape index (κ1) is 14.9. The number of aromatic nitrogens is 1. The average molecular weight is 335 g/mol. The minimum absolute atomic E-state index is 0.0916. The normalized spacial score (nSPS) is 11.4. The SMILES string of the molecule is CC(=O)c1ccc2c(c1)c1ccccc1n2-c1cccc2ccccc12. The van der Waals surface area contributed by atoms with Gasteiger partial charge in [0.05, 0.1) is 16.7 Å². The van der Waals surface area contributed by atoms with Gasteiger partial charge in [-0.1, -0.05) is 54.6 Å². The molecular formula is C24H17NO. The number of benzene rings is 4. The summed E-state index contributed by atoms with van der Waals surface area (Å²) >= 11 is 0. The maximum atomic E-state index is 11.9. The Bertz CT molecular complexity index is 1300. The lowest BCUT2D eigenvalue weighted by molar-refractivity contribution is 0.101. The van der Waals surface area contributed by atoms with Crippen molar-refractivity contribution in [2.24, 2.45) is 0 Å². The lowest BCUT2D eigenvalue weighted by atomic mass is 10.1. The summed E-state index contributed by atoms with van der Waals surface area (Å²) in [5, 5.41) is 4.71. The molecular weight excluding hydrogens is 318 g/mol. The van der Waals surface area contributed by atoms with Crippen LogP contribution in [0.25, 0.3) is 38.3 Å². The zero-order valence-electron chi connectivity index (χ0n) is 14.4. The molecule has 0 radical (unpaired) electrons. The van der Waals surface area contributed by atoms with Gasteiger partial charge < -0.3 is 4.57 Å². The van der Waals surface area contributed by atoms with Gasteiger partial charge in [-0.3, -0.25) is 4.79 Å². The summed E-state index contributed by atoms with van der Waals surface area (Å²) in [7, 11) is 0. The highest BCUT2D eigenvalue weighted by Crippen LogP contribution is 2.35. The predicted molar refractivity (Wildman–Crippen MR) is 108 cm³/mol. The van der Waals surface area contributed by atoms with Gasteiger partial charge in [0, 0.05) is 21.7 Å². The minimum Gasteiger partial charge on any atom is -0.309 e. The van der Waals surface area contributed by atoms with E-state index in [-0.39, 0.29) is 5.78 Å². The highest BCUT2D eigenvalue weighted by Gasteiger charge is 2.14. The molecule has 0 saturated heterocycles. The Hall–Kier alpha value is -3.39. The Morgan fingerprint density at radius 1 is 0.692 bits per heavy atom. The van der Waals surface area contributed by atoms with Crippen LogP contribution in [0.5, 0.6) is 0 Å². The van der Waals surface area contributed by atoms with Gasteiger partial charge in [0.15, 0.2) is 5.78 Å². The van der Waals surface area contributed by atoms with Crippen LogP contribution in [0.1, 0.15) is 17.3 Å². The summed E-state index contributed by atoms with van der Waals surface area (Å²) in [5.74, 6) is 0.0916. The van der Waals surface area contributed by atoms with Crippen LogP contribution in [0.3, 0.4) is 0 Å². The fourth-order valence-corrected chi connectivity index (χ4v) is 3.85. The Kier molecular flexibility index (Phi) is 3.19. The van der Waals surface area contributed by atoms with Crippen molar-refractivity contribution in [3.8, 4) is 5.69 Å². The van der Waals surface area contributed by atoms with E-state index in [1.54, 1.807) is 6.92 Å². The van der Waals surface area contributed by atoms with Crippen LogP contribution in [0.2, 0.25) is 0 Å². The van der Waals surface area contributed by atoms with Crippen molar-refractivity contribution in [1.82, 2.24) is 4.57 Å². The van der Waals surface area contributed by atoms with Crippen molar-refractivity contribution in [3.05, 3.63) is 90.5 Å². The number of para-hydroxylation sites is 1. The number of ketones is 1. The summed E-state index contributed by atoms with van der Waals surface area (Å²) < 4.78 is 2.30. The van der Waals surface area contributed by atoms with Gasteiger partial charge in [-0.15, -0.1) is 0 Å². The maximum absolute atomic E-state index is 11.9. The molecule has 5 aromatic rings. The van der Waals surface area contributed by atoms with E-state index in [2.05, 4.69) is 77.4 Å². The van der Waals surface area contributed by atoms with E-state index in [9.17, 15) is 4.79 Å². The second-order valence-corrected chi connectivity index (χ2v) is 6.64. The highest BCUT2D eigenvalue weighted by molar-refractivity contribution is 6.12. The fraction of sp³-hybridized carbons (Fsp3) is 0.0417. The summed E-state index contributed by atoms with van der Waals surface area (Å²) in [6.45, 7) is 1.62. The van der Waals surface area contributed by atoms with Crippen LogP contribution in [-0.2, 0) is 0 Å². The van der Waals surface area contributed by atoms with E-state index in [4.69, 9.17) is 0 Å². The summed E-state index contributed by atoms with van der Waals surface area (Å²) in [5.41, 5.74) is 4.18. The maximum Gasteiger partial charge on any atom is 0.159 e. The van der Waals surface area contributed by atoms with Gasteiger partial charge in [-0.25, -0.2) is 0 Å². The fourth-order valence-electron chi connectivity index (χ4n) is 3.85. The third-order valence-electron chi connectivity index (χ3n) is 5.09. The Morgan fingerprint density at radius 3 is 2.23 bits per heavy atom. The number of carbonyl (C=O) groups excluding carboxylic acids is 1. The van der Waals surface area contributed by atoms with E-state index in [1.807, 2.05) is 12.1 Å². The molecule has 2 heteroatoms. The molecule has 0 saturated carbocycles. The van der Waals surface area contributed by atoms with Crippen molar-refractivity contribution in [1.29, 1.82) is 0 Å². The summed E-state index contributed by atoms with van der Waals surface area (Å²) in [4.78, 5) is 11.9. The number of rotatable bonds is 2. The largest absolute Gasteiger partial charge is 0.309 e. The van der Waals surface area contributed by atoms with Crippen molar-refractivity contribution in [2.75, 3.05) is 0 Å². The smallest absolute Gasteiger partial charge is 0.159 e. The molecule has 0 aliphatic carbocycles. The van der Waals surface area contributed by atoms with E-state index >= 15 is 0 Å². The molecule has 0 fully saturated rings. The lowest BCUT2D eigenvalue weighted by Gasteiger charge is -2.11. The van der Waals surface area contributed by atoms with Crippen LogP contribution < -0.4 is 0 Å². The topological polar surface area (TPSA) is 22.0 Å². The average Bonchev–Trinajstić information content (AvgIpc) is 3.01. The number of nitrogens with zero attached hydrogens (tertiary/aromatic N) is 1. The Morgan fingerprint density at radius 2 is 1.38 bits per heavy atom. The van der Waals surface area contributed by atoms with E-state index in [0.717, 1.165) is 27.7 Å². The van der Waals surface area contributed by atoms with Crippen molar-refractivity contribution in [2.45, 2.75) is 6.92 Å². The van der Waals surface area contributed by atoms with Crippen molar-refractivity contribution in [3.63, 3.8) is 0 Å². The zero-order chi connectivity index (χ0) is 17.7. The molecule has 26 heavy (non-hydrogen) atoms. The number of hydrogen-bond donors (Lipinski definition) is 0. The second-order valence-electron chi connectivity index (χ2n) is 6.64. The first-order valence-corrected chi connectivity index (χ1v) is 8.76. The number of hydrogen-bond acceptors (Lipinski definition) is 1. The number of Topliss-reactive ketones (excluding diaryl/α,β-unsaturated/α-hetero) is 1. The van der Waals surface area contributed by atoms with Crippen molar-refractivity contribution >= 4 is 38.4 Å². The molecule has 0 N–H and O–H groups in total. The van der Waals surface area contributed by atoms with Crippen molar-refractivity contribution < 1.29 is 4.79 Å². The van der Waals surface area contributed by atoms with Crippen LogP contribution in [-0.4, -0.2) is 10.4 Å². The minimum atomic E-state index is 0.0916. The first-order valence-electron chi connectivity index (χ1n) is 8.76. The van der Waals surface area contributed by atoms with Gasteiger partial charge in [-0.05, 0) is 42.6 Å². The number of fused-ring (bicyclic) bond motifs is 4. The second kappa shape index (κ2) is 5.57. The van der Waals surface area contributed by atoms with Gasteiger partial charge in [0.25, 0.3) is 0 Å². The van der Waals surface area contributed by atoms with E-state index in [1.165, 1.54) is 16.2 Å². The highest BCUT2D eigenvalue weighted by atomic mass is 16.1. The zero-order valence-corrected chi connectivity index (χ0v) is 14.4. The van der Waals surface area contributed by atoms with Gasteiger partial charge in [0.1, 0.15) is 0 Å². The van der Waals surface area contributed by atoms with Crippen LogP contribution >= 0.6 is 0 Å². The molecule has 124 valence electrons. The molecule has 0 atom stereocenters. The first-order chi connectivity index (χ1) is 12.7. The van der Waals surface area contributed by atoms with E-state index < -0.39 is 0 Å². The van der Waals surface area contributed by atoms with Gasteiger partial charge >= 0.3 is 0 Å². The molecule has 1 heterocycles. The third kappa shape index (κ3) is 2.09. The quantitative estimate of drug-likeness (QED) is 0.355. The van der Waals surface area contributed by atoms with Gasteiger partial charge in [-0.2, -0.15) is 0 Å². The molecule has 4 aromatic carbocycles. The Balaban J connectivity index is 1.97. The van der Waals surface area contributed by atoms with E-state index in [0.29, 0.717) is 0 Å². The van der Waals surface area contributed by atoms with Crippen LogP contribution in [0, 0.1) is 0 Å². The predicted octanol–water partition coefficient (Wildman–Crippen LogP) is 6.14.